The molecule has 12 heteroatoms. The molecule has 0 spiro atoms. The third kappa shape index (κ3) is 5.44. The standard InChI is InChI=1S/C19H30N4O6S2/c1-4-19(24)20-17-5-7-18(8-6-17)30(25,26)21-9-11-22(12-10-21)31(27,28)23-13-15(2)29-16(3)14-23/h5-8,15-16H,4,9-14H2,1-3H3,(H,20,24). The molecular formula is C19H30N4O6S2. The molecule has 2 atom stereocenters. The predicted octanol–water partition coefficient (Wildman–Crippen LogP) is 0.695. The monoisotopic (exact) mass is 474 g/mol. The topological polar surface area (TPSA) is 116 Å². The Morgan fingerprint density at radius 2 is 1.45 bits per heavy atom. The maximum Gasteiger partial charge on any atom is 0.282 e. The van der Waals surface area contributed by atoms with Gasteiger partial charge in [0.2, 0.25) is 15.9 Å². The van der Waals surface area contributed by atoms with E-state index in [-0.39, 0.29) is 62.3 Å². The maximum atomic E-state index is 13.0. The number of benzene rings is 1. The molecule has 174 valence electrons. The van der Waals surface area contributed by atoms with Crippen molar-refractivity contribution >= 4 is 31.8 Å². The van der Waals surface area contributed by atoms with E-state index in [9.17, 15) is 21.6 Å². The largest absolute Gasteiger partial charge is 0.373 e. The van der Waals surface area contributed by atoms with Gasteiger partial charge in [0.25, 0.3) is 10.2 Å². The quantitative estimate of drug-likeness (QED) is 0.649. The van der Waals surface area contributed by atoms with Crippen LogP contribution in [0.4, 0.5) is 5.69 Å². The number of hydrogen-bond donors (Lipinski definition) is 1. The van der Waals surface area contributed by atoms with Gasteiger partial charge in [-0.3, -0.25) is 4.79 Å². The van der Waals surface area contributed by atoms with Gasteiger partial charge in [-0.2, -0.15) is 21.3 Å². The van der Waals surface area contributed by atoms with Crippen LogP contribution in [0.2, 0.25) is 0 Å². The van der Waals surface area contributed by atoms with Crippen LogP contribution in [0, 0.1) is 0 Å². The van der Waals surface area contributed by atoms with Gasteiger partial charge in [0.1, 0.15) is 0 Å². The highest BCUT2D eigenvalue weighted by Gasteiger charge is 2.38. The van der Waals surface area contributed by atoms with Crippen molar-refractivity contribution in [1.82, 2.24) is 12.9 Å². The highest BCUT2D eigenvalue weighted by Crippen LogP contribution is 2.23. The second kappa shape index (κ2) is 9.51. The minimum absolute atomic E-state index is 0.0747. The van der Waals surface area contributed by atoms with E-state index in [2.05, 4.69) is 5.32 Å². The van der Waals surface area contributed by atoms with Crippen LogP contribution in [0.25, 0.3) is 0 Å². The first kappa shape index (κ1) is 24.1. The number of piperazine rings is 1. The smallest absolute Gasteiger partial charge is 0.282 e. The summed E-state index contributed by atoms with van der Waals surface area (Å²) in [6.07, 6.45) is -0.0502. The molecule has 2 heterocycles. The molecule has 2 saturated heterocycles. The van der Waals surface area contributed by atoms with E-state index in [4.69, 9.17) is 4.74 Å². The summed E-state index contributed by atoms with van der Waals surface area (Å²) in [5.74, 6) is -0.156. The first-order valence-corrected chi connectivity index (χ1v) is 13.2. The molecule has 0 saturated carbocycles. The van der Waals surface area contributed by atoms with Crippen LogP contribution in [0.15, 0.2) is 29.2 Å². The van der Waals surface area contributed by atoms with Gasteiger partial charge in [0.15, 0.2) is 0 Å². The van der Waals surface area contributed by atoms with Gasteiger partial charge in [-0.05, 0) is 38.1 Å². The van der Waals surface area contributed by atoms with Crippen molar-refractivity contribution < 1.29 is 26.4 Å². The maximum absolute atomic E-state index is 13.0. The van der Waals surface area contributed by atoms with Crippen LogP contribution in [-0.4, -0.2) is 87.1 Å². The second-order valence-electron chi connectivity index (χ2n) is 7.81. The van der Waals surface area contributed by atoms with E-state index in [1.54, 1.807) is 19.1 Å². The number of nitrogens with zero attached hydrogens (tertiary/aromatic N) is 3. The molecule has 0 aromatic heterocycles. The van der Waals surface area contributed by atoms with E-state index in [1.165, 1.54) is 25.0 Å². The lowest BCUT2D eigenvalue weighted by atomic mass is 10.3. The van der Waals surface area contributed by atoms with Crippen molar-refractivity contribution in [3.8, 4) is 0 Å². The molecule has 10 nitrogen and oxygen atoms in total. The van der Waals surface area contributed by atoms with Gasteiger partial charge in [0, 0.05) is 51.4 Å². The summed E-state index contributed by atoms with van der Waals surface area (Å²) in [5.41, 5.74) is 0.524. The summed E-state index contributed by atoms with van der Waals surface area (Å²) in [5, 5.41) is 2.68. The molecule has 3 rings (SSSR count). The zero-order valence-electron chi connectivity index (χ0n) is 18.0. The number of morpholine rings is 1. The molecule has 1 aromatic rings. The Hall–Kier alpha value is -1.57. The Balaban J connectivity index is 1.65. The Kier molecular flexibility index (Phi) is 7.39. The lowest BCUT2D eigenvalue weighted by Gasteiger charge is -2.39. The van der Waals surface area contributed by atoms with Crippen LogP contribution in [0.1, 0.15) is 27.2 Å². The summed E-state index contributed by atoms with van der Waals surface area (Å²) < 4.78 is 61.6. The van der Waals surface area contributed by atoms with Gasteiger partial charge < -0.3 is 10.1 Å². The lowest BCUT2D eigenvalue weighted by molar-refractivity contribution is -0.115. The van der Waals surface area contributed by atoms with Gasteiger partial charge in [0.05, 0.1) is 17.1 Å². The zero-order valence-corrected chi connectivity index (χ0v) is 19.7. The second-order valence-corrected chi connectivity index (χ2v) is 11.7. The fraction of sp³-hybridized carbons (Fsp3) is 0.632. The van der Waals surface area contributed by atoms with E-state index < -0.39 is 20.2 Å². The number of sulfonamides is 1. The Bertz CT molecular complexity index is 979. The average Bonchev–Trinajstić information content (AvgIpc) is 2.73. The van der Waals surface area contributed by atoms with Gasteiger partial charge >= 0.3 is 0 Å². The van der Waals surface area contributed by atoms with Crippen LogP contribution < -0.4 is 5.32 Å². The van der Waals surface area contributed by atoms with E-state index in [1.807, 2.05) is 13.8 Å². The fourth-order valence-corrected chi connectivity index (χ4v) is 6.90. The summed E-state index contributed by atoms with van der Waals surface area (Å²) in [6.45, 7) is 6.30. The molecule has 1 aromatic carbocycles. The van der Waals surface area contributed by atoms with Crippen LogP contribution in [-0.2, 0) is 29.8 Å². The van der Waals surface area contributed by atoms with Crippen molar-refractivity contribution in [1.29, 1.82) is 0 Å². The first-order chi connectivity index (χ1) is 14.5. The van der Waals surface area contributed by atoms with Crippen molar-refractivity contribution in [2.75, 3.05) is 44.6 Å². The van der Waals surface area contributed by atoms with E-state index in [0.29, 0.717) is 12.1 Å². The number of carbonyl (C=O) groups excluding carboxylic acids is 1. The van der Waals surface area contributed by atoms with Gasteiger partial charge in [-0.15, -0.1) is 0 Å². The molecule has 1 N–H and O–H groups in total. The third-order valence-corrected chi connectivity index (χ3v) is 9.21. The Morgan fingerprint density at radius 1 is 0.935 bits per heavy atom. The number of amides is 1. The summed E-state index contributed by atoms with van der Waals surface area (Å²) in [7, 11) is -7.44. The Labute approximate surface area is 184 Å². The van der Waals surface area contributed by atoms with Crippen molar-refractivity contribution in [2.45, 2.75) is 44.3 Å². The van der Waals surface area contributed by atoms with Gasteiger partial charge in [-0.1, -0.05) is 6.92 Å². The number of nitrogens with one attached hydrogen (secondary N) is 1. The number of hydrogen-bond acceptors (Lipinski definition) is 6. The van der Waals surface area contributed by atoms with Crippen LogP contribution in [0.3, 0.4) is 0 Å². The highest BCUT2D eigenvalue weighted by molar-refractivity contribution is 7.89. The molecular weight excluding hydrogens is 444 g/mol. The molecule has 1 amide bonds. The number of ether oxygens (including phenoxy) is 1. The Morgan fingerprint density at radius 3 is 1.97 bits per heavy atom. The minimum atomic E-state index is -3.76. The zero-order chi connectivity index (χ0) is 22.8. The van der Waals surface area contributed by atoms with Crippen LogP contribution in [0.5, 0.6) is 0 Å². The third-order valence-electron chi connectivity index (χ3n) is 5.33. The molecule has 2 aliphatic rings. The molecule has 2 fully saturated rings. The molecule has 2 unspecified atom stereocenters. The van der Waals surface area contributed by atoms with E-state index in [0.717, 1.165) is 0 Å². The van der Waals surface area contributed by atoms with Crippen molar-refractivity contribution in [2.24, 2.45) is 0 Å². The number of rotatable bonds is 6. The summed E-state index contributed by atoms with van der Waals surface area (Å²) >= 11 is 0. The van der Waals surface area contributed by atoms with Gasteiger partial charge in [-0.25, -0.2) is 8.42 Å². The molecule has 0 bridgehead atoms. The molecule has 31 heavy (non-hydrogen) atoms. The molecule has 0 radical (unpaired) electrons. The predicted molar refractivity (Wildman–Crippen MR) is 116 cm³/mol. The molecule has 0 aliphatic carbocycles. The summed E-state index contributed by atoms with van der Waals surface area (Å²) in [4.78, 5) is 11.6. The first-order valence-electron chi connectivity index (χ1n) is 10.3. The number of carbonyl (C=O) groups is 1. The minimum Gasteiger partial charge on any atom is -0.373 e. The van der Waals surface area contributed by atoms with Crippen molar-refractivity contribution in [3.05, 3.63) is 24.3 Å². The molecule has 2 aliphatic heterocycles. The van der Waals surface area contributed by atoms with Crippen LogP contribution >= 0.6 is 0 Å². The average molecular weight is 475 g/mol. The fourth-order valence-electron chi connectivity index (χ4n) is 3.73. The van der Waals surface area contributed by atoms with E-state index >= 15 is 0 Å². The lowest BCUT2D eigenvalue weighted by Crippen LogP contribution is -2.57. The number of anilines is 1. The summed E-state index contributed by atoms with van der Waals surface area (Å²) in [6, 6.07) is 5.98. The normalized spacial score (nSPS) is 24.7. The van der Waals surface area contributed by atoms with Crippen molar-refractivity contribution in [3.63, 3.8) is 0 Å². The SMILES string of the molecule is CCC(=O)Nc1ccc(S(=O)(=O)N2CCN(S(=O)(=O)N3CC(C)OC(C)C3)CC2)cc1. The highest BCUT2D eigenvalue weighted by atomic mass is 32.2.